The third kappa shape index (κ3) is 3.64. The smallest absolute Gasteiger partial charge is 0.165 e. The molecule has 4 rings (SSSR count). The average molecular weight is 396 g/mol. The molecule has 0 fully saturated rings. The predicted molar refractivity (Wildman–Crippen MR) is 110 cm³/mol. The predicted octanol–water partition coefficient (Wildman–Crippen LogP) is 4.90. The minimum Gasteiger partial charge on any atom is -0.298 e. The summed E-state index contributed by atoms with van der Waals surface area (Å²) in [5.41, 5.74) is 3.48. The van der Waals surface area contributed by atoms with Crippen molar-refractivity contribution in [3.63, 3.8) is 0 Å². The number of H-pyrrole nitrogens is 1. The molecule has 0 bridgehead atoms. The zero-order valence-corrected chi connectivity index (χ0v) is 16.5. The summed E-state index contributed by atoms with van der Waals surface area (Å²) in [6.45, 7) is 0. The zero-order chi connectivity index (χ0) is 18.8. The molecule has 3 aromatic heterocycles. The van der Waals surface area contributed by atoms with Crippen molar-refractivity contribution < 1.29 is 0 Å². The van der Waals surface area contributed by atoms with E-state index in [0.717, 1.165) is 21.3 Å². The molecule has 3 heterocycles. The number of aromatic amines is 1. The molecule has 0 aliphatic heterocycles. The second-order valence-electron chi connectivity index (χ2n) is 6.38. The minimum atomic E-state index is 0.0641. The third-order valence-electron chi connectivity index (χ3n) is 4.35. The Balaban J connectivity index is 1.88. The van der Waals surface area contributed by atoms with Crippen LogP contribution in [0.4, 0.5) is 0 Å². The zero-order valence-electron chi connectivity index (χ0n) is 14.9. The molecule has 0 aliphatic rings. The Morgan fingerprint density at radius 3 is 2.44 bits per heavy atom. The molecule has 0 saturated carbocycles. The van der Waals surface area contributed by atoms with Gasteiger partial charge in [0.15, 0.2) is 5.82 Å². The lowest BCUT2D eigenvalue weighted by molar-refractivity contribution is 0.343. The number of aromatic nitrogens is 4. The second kappa shape index (κ2) is 7.60. The van der Waals surface area contributed by atoms with Crippen LogP contribution < -0.4 is 0 Å². The minimum absolute atomic E-state index is 0.0641. The number of hydrogen-bond donors (Lipinski definition) is 1. The molecule has 1 aromatic carbocycles. The Bertz CT molecular complexity index is 1010. The molecule has 136 valence electrons. The maximum Gasteiger partial charge on any atom is 0.165 e. The normalized spacial score (nSPS) is 12.4. The van der Waals surface area contributed by atoms with Crippen LogP contribution in [0.2, 0.25) is 5.02 Å². The molecule has 0 spiro atoms. The second-order valence-corrected chi connectivity index (χ2v) is 7.87. The standard InChI is InChI=1S/C20H18ClN5S/c1-26(2)18(14-3-5-15(21)6-4-14)16-11-17(13-7-9-22-10-8-13)27-19(16)20-23-12-24-25-20/h3-12,18H,1-2H3,(H,23,24,25)/t18-/m0/s1. The summed E-state index contributed by atoms with van der Waals surface area (Å²) in [5, 5.41) is 7.78. The van der Waals surface area contributed by atoms with Gasteiger partial charge >= 0.3 is 0 Å². The maximum absolute atomic E-state index is 6.10. The van der Waals surface area contributed by atoms with Gasteiger partial charge in [-0.15, -0.1) is 11.3 Å². The highest BCUT2D eigenvalue weighted by Crippen LogP contribution is 2.42. The molecule has 0 unspecified atom stereocenters. The van der Waals surface area contributed by atoms with Crippen LogP contribution in [0.3, 0.4) is 0 Å². The molecule has 0 aliphatic carbocycles. The van der Waals surface area contributed by atoms with Crippen molar-refractivity contribution in [1.82, 2.24) is 25.1 Å². The van der Waals surface area contributed by atoms with Gasteiger partial charge in [0.1, 0.15) is 6.33 Å². The molecule has 0 saturated heterocycles. The van der Waals surface area contributed by atoms with Crippen molar-refractivity contribution in [1.29, 1.82) is 0 Å². The molecule has 27 heavy (non-hydrogen) atoms. The summed E-state index contributed by atoms with van der Waals surface area (Å²) >= 11 is 7.80. The summed E-state index contributed by atoms with van der Waals surface area (Å²) in [4.78, 5) is 13.0. The molecular formula is C20H18ClN5S. The molecule has 7 heteroatoms. The van der Waals surface area contributed by atoms with Crippen LogP contribution in [0.15, 0.2) is 61.2 Å². The number of halogens is 1. The summed E-state index contributed by atoms with van der Waals surface area (Å²) in [5.74, 6) is 0.774. The van der Waals surface area contributed by atoms with E-state index in [2.05, 4.69) is 57.4 Å². The molecule has 1 N–H and O–H groups in total. The van der Waals surface area contributed by atoms with Crippen molar-refractivity contribution in [3.8, 4) is 21.1 Å². The molecule has 0 amide bonds. The van der Waals surface area contributed by atoms with Gasteiger partial charge in [0, 0.05) is 22.3 Å². The topological polar surface area (TPSA) is 57.7 Å². The first-order valence-corrected chi connectivity index (χ1v) is 9.64. The number of benzene rings is 1. The van der Waals surface area contributed by atoms with E-state index >= 15 is 0 Å². The van der Waals surface area contributed by atoms with Crippen molar-refractivity contribution in [3.05, 3.63) is 77.3 Å². The first-order valence-electron chi connectivity index (χ1n) is 8.45. The highest BCUT2D eigenvalue weighted by atomic mass is 35.5. The molecule has 1 atom stereocenters. The van der Waals surface area contributed by atoms with Gasteiger partial charge in [-0.2, -0.15) is 5.10 Å². The average Bonchev–Trinajstić information content (AvgIpc) is 3.34. The lowest BCUT2D eigenvalue weighted by atomic mass is 9.97. The van der Waals surface area contributed by atoms with E-state index in [-0.39, 0.29) is 6.04 Å². The van der Waals surface area contributed by atoms with Gasteiger partial charge in [-0.1, -0.05) is 23.7 Å². The van der Waals surface area contributed by atoms with Crippen LogP contribution in [0, 0.1) is 0 Å². The Morgan fingerprint density at radius 1 is 1.07 bits per heavy atom. The summed E-state index contributed by atoms with van der Waals surface area (Å²) < 4.78 is 0. The highest BCUT2D eigenvalue weighted by molar-refractivity contribution is 7.19. The number of nitrogens with zero attached hydrogens (tertiary/aromatic N) is 4. The largest absolute Gasteiger partial charge is 0.298 e. The van der Waals surface area contributed by atoms with E-state index in [1.807, 2.05) is 36.7 Å². The van der Waals surface area contributed by atoms with Crippen molar-refractivity contribution in [2.75, 3.05) is 14.1 Å². The van der Waals surface area contributed by atoms with Crippen LogP contribution in [-0.4, -0.2) is 39.2 Å². The quantitative estimate of drug-likeness (QED) is 0.522. The fraction of sp³-hybridized carbons (Fsp3) is 0.150. The first kappa shape index (κ1) is 17.9. The van der Waals surface area contributed by atoms with Crippen LogP contribution >= 0.6 is 22.9 Å². The van der Waals surface area contributed by atoms with Gasteiger partial charge in [0.2, 0.25) is 0 Å². The van der Waals surface area contributed by atoms with Gasteiger partial charge in [-0.25, -0.2) is 4.98 Å². The van der Waals surface area contributed by atoms with Crippen LogP contribution in [-0.2, 0) is 0 Å². The number of thiophene rings is 1. The van der Waals surface area contributed by atoms with Gasteiger partial charge in [-0.3, -0.25) is 15.0 Å². The molecule has 4 aromatic rings. The molecular weight excluding hydrogens is 378 g/mol. The summed E-state index contributed by atoms with van der Waals surface area (Å²) in [6.07, 6.45) is 5.16. The fourth-order valence-electron chi connectivity index (χ4n) is 3.17. The Kier molecular flexibility index (Phi) is 5.03. The molecule has 5 nitrogen and oxygen atoms in total. The van der Waals surface area contributed by atoms with E-state index in [4.69, 9.17) is 11.6 Å². The lowest BCUT2D eigenvalue weighted by Crippen LogP contribution is -2.21. The van der Waals surface area contributed by atoms with Crippen molar-refractivity contribution >= 4 is 22.9 Å². The van der Waals surface area contributed by atoms with Crippen LogP contribution in [0.1, 0.15) is 17.2 Å². The summed E-state index contributed by atoms with van der Waals surface area (Å²) in [7, 11) is 4.15. The summed E-state index contributed by atoms with van der Waals surface area (Å²) in [6, 6.07) is 14.3. The van der Waals surface area contributed by atoms with Gasteiger partial charge in [-0.05, 0) is 61.1 Å². The Morgan fingerprint density at radius 2 is 1.81 bits per heavy atom. The van der Waals surface area contributed by atoms with Gasteiger partial charge < -0.3 is 0 Å². The van der Waals surface area contributed by atoms with Gasteiger partial charge in [0.05, 0.1) is 10.9 Å². The number of hydrogen-bond acceptors (Lipinski definition) is 5. The highest BCUT2D eigenvalue weighted by Gasteiger charge is 2.25. The van der Waals surface area contributed by atoms with E-state index in [0.29, 0.717) is 0 Å². The maximum atomic E-state index is 6.10. The number of nitrogens with one attached hydrogen (secondary N) is 1. The van der Waals surface area contributed by atoms with E-state index < -0.39 is 0 Å². The Labute approximate surface area is 166 Å². The van der Waals surface area contributed by atoms with Crippen molar-refractivity contribution in [2.24, 2.45) is 0 Å². The van der Waals surface area contributed by atoms with Crippen LogP contribution in [0.25, 0.3) is 21.1 Å². The SMILES string of the molecule is CN(C)[C@@H](c1ccc(Cl)cc1)c1cc(-c2ccncc2)sc1-c1ncn[nH]1. The lowest BCUT2D eigenvalue weighted by Gasteiger charge is -2.25. The third-order valence-corrected chi connectivity index (χ3v) is 5.81. The van der Waals surface area contributed by atoms with Crippen molar-refractivity contribution in [2.45, 2.75) is 6.04 Å². The van der Waals surface area contributed by atoms with Gasteiger partial charge in [0.25, 0.3) is 0 Å². The van der Waals surface area contributed by atoms with E-state index in [9.17, 15) is 0 Å². The Hall–Kier alpha value is -2.54. The number of rotatable bonds is 5. The first-order chi connectivity index (χ1) is 13.1. The van der Waals surface area contributed by atoms with E-state index in [1.165, 1.54) is 22.3 Å². The van der Waals surface area contributed by atoms with Crippen LogP contribution in [0.5, 0.6) is 0 Å². The fourth-order valence-corrected chi connectivity index (χ4v) is 4.44. The monoisotopic (exact) mass is 395 g/mol. The number of pyridine rings is 1. The molecule has 0 radical (unpaired) electrons. The van der Waals surface area contributed by atoms with E-state index in [1.54, 1.807) is 11.3 Å².